The Hall–Kier alpha value is -1.55. The van der Waals surface area contributed by atoms with Gasteiger partial charge in [0.2, 0.25) is 0 Å². The van der Waals surface area contributed by atoms with E-state index in [1.807, 2.05) is 6.08 Å². The molecular formula is C10H14FN3. The first-order valence-corrected chi connectivity index (χ1v) is 4.36. The zero-order chi connectivity index (χ0) is 10.6. The smallest absolute Gasteiger partial charge is 0.126 e. The molecule has 14 heavy (non-hydrogen) atoms. The fourth-order valence-corrected chi connectivity index (χ4v) is 1.11. The molecule has 0 aliphatic carbocycles. The molecule has 0 bridgehead atoms. The van der Waals surface area contributed by atoms with Crippen molar-refractivity contribution in [1.29, 1.82) is 0 Å². The first-order chi connectivity index (χ1) is 6.65. The molecular weight excluding hydrogens is 181 g/mol. The van der Waals surface area contributed by atoms with Crippen LogP contribution in [0.15, 0.2) is 18.2 Å². The lowest BCUT2D eigenvalue weighted by atomic mass is 10.1. The van der Waals surface area contributed by atoms with E-state index in [0.717, 1.165) is 6.42 Å². The predicted octanol–water partition coefficient (Wildman–Crippen LogP) is 1.35. The van der Waals surface area contributed by atoms with Gasteiger partial charge in [-0.1, -0.05) is 12.2 Å². The lowest BCUT2D eigenvalue weighted by molar-refractivity contribution is 0.628. The number of hydrogen-bond acceptors (Lipinski definition) is 3. The summed E-state index contributed by atoms with van der Waals surface area (Å²) in [6.45, 7) is 0.557. The van der Waals surface area contributed by atoms with Gasteiger partial charge < -0.3 is 17.2 Å². The zero-order valence-corrected chi connectivity index (χ0v) is 7.83. The molecule has 76 valence electrons. The van der Waals surface area contributed by atoms with E-state index in [-0.39, 0.29) is 11.5 Å². The average molecular weight is 195 g/mol. The molecule has 0 radical (unpaired) electrons. The molecule has 0 atom stereocenters. The SMILES string of the molecule is NCCC=Cc1cc(F)cc(N)c1N. The van der Waals surface area contributed by atoms with Crippen LogP contribution in [0.3, 0.4) is 0 Å². The Kier molecular flexibility index (Phi) is 3.48. The Morgan fingerprint density at radius 1 is 1.29 bits per heavy atom. The molecule has 3 nitrogen and oxygen atoms in total. The molecule has 0 aliphatic heterocycles. The summed E-state index contributed by atoms with van der Waals surface area (Å²) >= 11 is 0. The van der Waals surface area contributed by atoms with Crippen LogP contribution >= 0.6 is 0 Å². The minimum Gasteiger partial charge on any atom is -0.397 e. The third kappa shape index (κ3) is 2.47. The lowest BCUT2D eigenvalue weighted by Gasteiger charge is -2.04. The molecule has 0 heterocycles. The summed E-state index contributed by atoms with van der Waals surface area (Å²) in [6.07, 6.45) is 4.29. The summed E-state index contributed by atoms with van der Waals surface area (Å²) in [5.74, 6) is -0.385. The molecule has 0 spiro atoms. The summed E-state index contributed by atoms with van der Waals surface area (Å²) in [7, 11) is 0. The quantitative estimate of drug-likeness (QED) is 0.637. The van der Waals surface area contributed by atoms with E-state index in [0.29, 0.717) is 17.8 Å². The lowest BCUT2D eigenvalue weighted by Crippen LogP contribution is -1.99. The van der Waals surface area contributed by atoms with Crippen molar-refractivity contribution in [2.24, 2.45) is 5.73 Å². The van der Waals surface area contributed by atoms with E-state index < -0.39 is 0 Å². The van der Waals surface area contributed by atoms with Gasteiger partial charge in [0, 0.05) is 5.56 Å². The van der Waals surface area contributed by atoms with Gasteiger partial charge in [0.05, 0.1) is 11.4 Å². The van der Waals surface area contributed by atoms with E-state index >= 15 is 0 Å². The Labute approximate surface area is 82.4 Å². The van der Waals surface area contributed by atoms with E-state index in [1.165, 1.54) is 12.1 Å². The highest BCUT2D eigenvalue weighted by atomic mass is 19.1. The maximum Gasteiger partial charge on any atom is 0.126 e. The number of hydrogen-bond donors (Lipinski definition) is 3. The highest BCUT2D eigenvalue weighted by Crippen LogP contribution is 2.22. The van der Waals surface area contributed by atoms with Crippen molar-refractivity contribution in [3.8, 4) is 0 Å². The second-order valence-electron chi connectivity index (χ2n) is 2.98. The van der Waals surface area contributed by atoms with Crippen molar-refractivity contribution in [1.82, 2.24) is 0 Å². The average Bonchev–Trinajstić information content (AvgIpc) is 2.13. The maximum atomic E-state index is 12.9. The standard InChI is InChI=1S/C10H14FN3/c11-8-5-7(3-1-2-4-12)10(14)9(13)6-8/h1,3,5-6H,2,4,12-14H2. The predicted molar refractivity (Wildman–Crippen MR) is 57.9 cm³/mol. The number of nitrogen functional groups attached to an aromatic ring is 2. The van der Waals surface area contributed by atoms with E-state index in [9.17, 15) is 4.39 Å². The van der Waals surface area contributed by atoms with Crippen LogP contribution < -0.4 is 17.2 Å². The van der Waals surface area contributed by atoms with E-state index in [4.69, 9.17) is 17.2 Å². The third-order valence-electron chi connectivity index (χ3n) is 1.84. The van der Waals surface area contributed by atoms with Crippen LogP contribution in [0, 0.1) is 5.82 Å². The Morgan fingerprint density at radius 3 is 2.64 bits per heavy atom. The third-order valence-corrected chi connectivity index (χ3v) is 1.84. The first-order valence-electron chi connectivity index (χ1n) is 4.36. The number of nitrogens with two attached hydrogens (primary N) is 3. The number of rotatable bonds is 3. The van der Waals surface area contributed by atoms with Crippen LogP contribution in [-0.4, -0.2) is 6.54 Å². The summed E-state index contributed by atoms with van der Waals surface area (Å²) in [6, 6.07) is 2.55. The fourth-order valence-electron chi connectivity index (χ4n) is 1.11. The van der Waals surface area contributed by atoms with E-state index in [2.05, 4.69) is 0 Å². The maximum absolute atomic E-state index is 12.9. The molecule has 4 heteroatoms. The normalized spacial score (nSPS) is 11.0. The number of halogens is 1. The van der Waals surface area contributed by atoms with Crippen molar-refractivity contribution < 1.29 is 4.39 Å². The number of anilines is 2. The second-order valence-corrected chi connectivity index (χ2v) is 2.98. The molecule has 0 aliphatic rings. The zero-order valence-electron chi connectivity index (χ0n) is 7.83. The van der Waals surface area contributed by atoms with Gasteiger partial charge in [-0.3, -0.25) is 0 Å². The molecule has 1 aromatic rings. The van der Waals surface area contributed by atoms with Crippen LogP contribution in [0.25, 0.3) is 6.08 Å². The monoisotopic (exact) mass is 195 g/mol. The summed E-state index contributed by atoms with van der Waals surface area (Å²) < 4.78 is 12.9. The molecule has 6 N–H and O–H groups in total. The van der Waals surface area contributed by atoms with Gasteiger partial charge in [0.1, 0.15) is 5.82 Å². The summed E-state index contributed by atoms with van der Waals surface area (Å²) in [4.78, 5) is 0. The van der Waals surface area contributed by atoms with Crippen molar-refractivity contribution in [2.75, 3.05) is 18.0 Å². The van der Waals surface area contributed by atoms with Gasteiger partial charge in [-0.15, -0.1) is 0 Å². The number of benzene rings is 1. The van der Waals surface area contributed by atoms with Crippen molar-refractivity contribution in [2.45, 2.75) is 6.42 Å². The van der Waals surface area contributed by atoms with Gasteiger partial charge >= 0.3 is 0 Å². The van der Waals surface area contributed by atoms with Crippen LogP contribution in [0.1, 0.15) is 12.0 Å². The van der Waals surface area contributed by atoms with Gasteiger partial charge in [0.15, 0.2) is 0 Å². The van der Waals surface area contributed by atoms with Crippen molar-refractivity contribution >= 4 is 17.5 Å². The Bertz CT molecular complexity index is 347. The van der Waals surface area contributed by atoms with Crippen molar-refractivity contribution in [3.05, 3.63) is 29.6 Å². The molecule has 0 fully saturated rings. The Morgan fingerprint density at radius 2 is 2.00 bits per heavy atom. The highest BCUT2D eigenvalue weighted by molar-refractivity contribution is 5.75. The highest BCUT2D eigenvalue weighted by Gasteiger charge is 2.02. The van der Waals surface area contributed by atoms with Crippen LogP contribution in [0.5, 0.6) is 0 Å². The molecule has 0 saturated carbocycles. The Balaban J connectivity index is 2.96. The fraction of sp³-hybridized carbons (Fsp3) is 0.200. The van der Waals surface area contributed by atoms with Gasteiger partial charge in [0.25, 0.3) is 0 Å². The van der Waals surface area contributed by atoms with E-state index in [1.54, 1.807) is 6.08 Å². The second kappa shape index (κ2) is 4.62. The summed E-state index contributed by atoms with van der Waals surface area (Å²) in [5, 5.41) is 0. The molecule has 0 aromatic heterocycles. The topological polar surface area (TPSA) is 78.1 Å². The van der Waals surface area contributed by atoms with Crippen LogP contribution in [0.4, 0.5) is 15.8 Å². The molecule has 0 saturated heterocycles. The minimum absolute atomic E-state index is 0.261. The molecule has 1 rings (SSSR count). The van der Waals surface area contributed by atoms with Crippen LogP contribution in [-0.2, 0) is 0 Å². The molecule has 0 amide bonds. The largest absolute Gasteiger partial charge is 0.397 e. The van der Waals surface area contributed by atoms with Crippen LogP contribution in [0.2, 0.25) is 0 Å². The van der Waals surface area contributed by atoms with Gasteiger partial charge in [-0.05, 0) is 25.1 Å². The van der Waals surface area contributed by atoms with Gasteiger partial charge in [-0.2, -0.15) is 0 Å². The first kappa shape index (κ1) is 10.5. The summed E-state index contributed by atoms with van der Waals surface area (Å²) in [5.41, 5.74) is 17.7. The van der Waals surface area contributed by atoms with Crippen molar-refractivity contribution in [3.63, 3.8) is 0 Å². The molecule has 1 aromatic carbocycles. The minimum atomic E-state index is -0.385. The van der Waals surface area contributed by atoms with Gasteiger partial charge in [-0.25, -0.2) is 4.39 Å². The molecule has 0 unspecified atom stereocenters.